The molecule has 92 valence electrons. The fourth-order valence-corrected chi connectivity index (χ4v) is 1.34. The summed E-state index contributed by atoms with van der Waals surface area (Å²) in [6, 6.07) is 4.33. The van der Waals surface area contributed by atoms with Crippen LogP contribution in [0.4, 0.5) is 0 Å². The highest BCUT2D eigenvalue weighted by Crippen LogP contribution is 2.22. The van der Waals surface area contributed by atoms with Gasteiger partial charge in [-0.05, 0) is 18.2 Å². The Bertz CT molecular complexity index is 433. The van der Waals surface area contributed by atoms with Gasteiger partial charge in [0.05, 0.1) is 23.6 Å². The van der Waals surface area contributed by atoms with Crippen LogP contribution in [0.1, 0.15) is 16.8 Å². The summed E-state index contributed by atoms with van der Waals surface area (Å²) in [6.45, 7) is 0.181. The van der Waals surface area contributed by atoms with Gasteiger partial charge in [0.25, 0.3) is 0 Å². The number of hydrogen-bond acceptors (Lipinski definition) is 3. The lowest BCUT2D eigenvalue weighted by atomic mass is 10.2. The molecule has 0 aliphatic heterocycles. The van der Waals surface area contributed by atoms with Gasteiger partial charge in [-0.1, -0.05) is 11.6 Å². The van der Waals surface area contributed by atoms with Crippen molar-refractivity contribution in [1.29, 1.82) is 0 Å². The molecule has 0 bridgehead atoms. The molecular formula is C11H12ClNO4. The molecule has 0 heterocycles. The molecule has 0 saturated carbocycles. The van der Waals surface area contributed by atoms with Crippen LogP contribution in [0.15, 0.2) is 18.2 Å². The first-order valence-corrected chi connectivity index (χ1v) is 5.28. The van der Waals surface area contributed by atoms with Gasteiger partial charge in [0.15, 0.2) is 0 Å². The SMILES string of the molecule is CNC(=O)CCOc1ccc(Cl)c(C(=O)O)c1. The topological polar surface area (TPSA) is 75.6 Å². The third-order valence-electron chi connectivity index (χ3n) is 2.04. The molecule has 0 radical (unpaired) electrons. The largest absolute Gasteiger partial charge is 0.493 e. The molecule has 0 atom stereocenters. The van der Waals surface area contributed by atoms with Gasteiger partial charge in [-0.25, -0.2) is 4.79 Å². The van der Waals surface area contributed by atoms with E-state index < -0.39 is 5.97 Å². The molecular weight excluding hydrogens is 246 g/mol. The Hall–Kier alpha value is -1.75. The summed E-state index contributed by atoms with van der Waals surface area (Å²) >= 11 is 5.70. The van der Waals surface area contributed by atoms with E-state index >= 15 is 0 Å². The number of carbonyl (C=O) groups excluding carboxylic acids is 1. The Labute approximate surface area is 103 Å². The number of benzene rings is 1. The molecule has 1 amide bonds. The lowest BCUT2D eigenvalue weighted by molar-refractivity contribution is -0.121. The average molecular weight is 258 g/mol. The smallest absolute Gasteiger partial charge is 0.337 e. The standard InChI is InChI=1S/C11H12ClNO4/c1-13-10(14)4-5-17-7-2-3-9(12)8(6-7)11(15)16/h2-3,6H,4-5H2,1H3,(H,13,14)(H,15,16). The summed E-state index contributed by atoms with van der Waals surface area (Å²) in [4.78, 5) is 21.7. The zero-order valence-electron chi connectivity index (χ0n) is 9.20. The quantitative estimate of drug-likeness (QED) is 0.839. The molecule has 0 aliphatic carbocycles. The van der Waals surface area contributed by atoms with E-state index in [4.69, 9.17) is 21.4 Å². The molecule has 2 N–H and O–H groups in total. The van der Waals surface area contributed by atoms with Crippen LogP contribution >= 0.6 is 11.6 Å². The van der Waals surface area contributed by atoms with Crippen molar-refractivity contribution in [3.05, 3.63) is 28.8 Å². The fourth-order valence-electron chi connectivity index (χ4n) is 1.14. The van der Waals surface area contributed by atoms with E-state index in [9.17, 15) is 9.59 Å². The van der Waals surface area contributed by atoms with E-state index in [1.54, 1.807) is 6.07 Å². The summed E-state index contributed by atoms with van der Waals surface area (Å²) in [7, 11) is 1.53. The van der Waals surface area contributed by atoms with Crippen molar-refractivity contribution in [2.24, 2.45) is 0 Å². The van der Waals surface area contributed by atoms with E-state index in [0.29, 0.717) is 5.75 Å². The van der Waals surface area contributed by atoms with Crippen molar-refractivity contribution in [1.82, 2.24) is 5.32 Å². The van der Waals surface area contributed by atoms with Crippen LogP contribution in [0.25, 0.3) is 0 Å². The van der Waals surface area contributed by atoms with Crippen LogP contribution in [0.5, 0.6) is 5.75 Å². The highest BCUT2D eigenvalue weighted by atomic mass is 35.5. The average Bonchev–Trinajstić information content (AvgIpc) is 2.30. The number of hydrogen-bond donors (Lipinski definition) is 2. The number of carboxylic acid groups (broad SMARTS) is 1. The minimum Gasteiger partial charge on any atom is -0.493 e. The number of amides is 1. The first-order chi connectivity index (χ1) is 8.04. The molecule has 0 unspecified atom stereocenters. The summed E-state index contributed by atoms with van der Waals surface area (Å²) in [5.74, 6) is -0.889. The predicted octanol–water partition coefficient (Wildman–Crippen LogP) is 1.55. The van der Waals surface area contributed by atoms with Crippen molar-refractivity contribution >= 4 is 23.5 Å². The van der Waals surface area contributed by atoms with Crippen molar-refractivity contribution in [2.75, 3.05) is 13.7 Å². The van der Waals surface area contributed by atoms with Crippen LogP contribution in [0.3, 0.4) is 0 Å². The summed E-state index contributed by atoms with van der Waals surface area (Å²) in [5.41, 5.74) is -0.0240. The van der Waals surface area contributed by atoms with Crippen LogP contribution in [-0.2, 0) is 4.79 Å². The molecule has 6 heteroatoms. The van der Waals surface area contributed by atoms with E-state index in [1.165, 1.54) is 19.2 Å². The number of carboxylic acids is 1. The van der Waals surface area contributed by atoms with Crippen molar-refractivity contribution in [3.63, 3.8) is 0 Å². The second-order valence-electron chi connectivity index (χ2n) is 3.22. The number of carbonyl (C=O) groups is 2. The summed E-state index contributed by atoms with van der Waals surface area (Å²) in [5, 5.41) is 11.4. The van der Waals surface area contributed by atoms with Gasteiger partial charge >= 0.3 is 5.97 Å². The van der Waals surface area contributed by atoms with Crippen molar-refractivity contribution in [2.45, 2.75) is 6.42 Å². The van der Waals surface area contributed by atoms with E-state index in [1.807, 2.05) is 0 Å². The Morgan fingerprint density at radius 2 is 2.18 bits per heavy atom. The molecule has 0 spiro atoms. The normalized spacial score (nSPS) is 9.76. The molecule has 1 aromatic carbocycles. The van der Waals surface area contributed by atoms with Crippen LogP contribution in [-0.4, -0.2) is 30.6 Å². The third-order valence-corrected chi connectivity index (χ3v) is 2.37. The number of halogens is 1. The summed E-state index contributed by atoms with van der Waals surface area (Å²) < 4.78 is 5.24. The molecule has 17 heavy (non-hydrogen) atoms. The Morgan fingerprint density at radius 1 is 1.47 bits per heavy atom. The lowest BCUT2D eigenvalue weighted by Gasteiger charge is -2.07. The van der Waals surface area contributed by atoms with Crippen molar-refractivity contribution < 1.29 is 19.4 Å². The first kappa shape index (κ1) is 13.3. The van der Waals surface area contributed by atoms with Gasteiger partial charge in [-0.3, -0.25) is 4.79 Å². The maximum Gasteiger partial charge on any atom is 0.337 e. The minimum atomic E-state index is -1.12. The first-order valence-electron chi connectivity index (χ1n) is 4.91. The molecule has 0 fully saturated rings. The molecule has 1 rings (SSSR count). The zero-order chi connectivity index (χ0) is 12.8. The van der Waals surface area contributed by atoms with Gasteiger partial charge in [0.1, 0.15) is 5.75 Å². The van der Waals surface area contributed by atoms with Gasteiger partial charge < -0.3 is 15.2 Å². The van der Waals surface area contributed by atoms with E-state index in [0.717, 1.165) is 0 Å². The fraction of sp³-hybridized carbons (Fsp3) is 0.273. The van der Waals surface area contributed by atoms with Crippen LogP contribution in [0, 0.1) is 0 Å². The number of nitrogens with one attached hydrogen (secondary N) is 1. The Morgan fingerprint density at radius 3 is 2.76 bits per heavy atom. The molecule has 1 aromatic rings. The zero-order valence-corrected chi connectivity index (χ0v) is 9.95. The monoisotopic (exact) mass is 257 g/mol. The molecule has 0 aromatic heterocycles. The van der Waals surface area contributed by atoms with Gasteiger partial charge in [-0.2, -0.15) is 0 Å². The van der Waals surface area contributed by atoms with E-state index in [-0.39, 0.29) is 29.5 Å². The third kappa shape index (κ3) is 3.96. The maximum atomic E-state index is 10.9. The van der Waals surface area contributed by atoms with Crippen LogP contribution < -0.4 is 10.1 Å². The van der Waals surface area contributed by atoms with Gasteiger partial charge in [0, 0.05) is 7.05 Å². The highest BCUT2D eigenvalue weighted by molar-refractivity contribution is 6.33. The van der Waals surface area contributed by atoms with E-state index in [2.05, 4.69) is 5.32 Å². The number of ether oxygens (including phenoxy) is 1. The number of aromatic carboxylic acids is 1. The lowest BCUT2D eigenvalue weighted by Crippen LogP contribution is -2.20. The molecule has 0 saturated heterocycles. The second-order valence-corrected chi connectivity index (χ2v) is 3.63. The maximum absolute atomic E-state index is 10.9. The number of rotatable bonds is 5. The minimum absolute atomic E-state index is 0.0240. The predicted molar refractivity (Wildman–Crippen MR) is 62.6 cm³/mol. The second kappa shape index (κ2) is 6.10. The van der Waals surface area contributed by atoms with Gasteiger partial charge in [-0.15, -0.1) is 0 Å². The molecule has 0 aliphatic rings. The highest BCUT2D eigenvalue weighted by Gasteiger charge is 2.10. The van der Waals surface area contributed by atoms with Crippen LogP contribution in [0.2, 0.25) is 5.02 Å². The van der Waals surface area contributed by atoms with Gasteiger partial charge in [0.2, 0.25) is 5.91 Å². The Balaban J connectivity index is 2.63. The summed E-state index contributed by atoms with van der Waals surface area (Å²) in [6.07, 6.45) is 0.210. The molecule has 5 nitrogen and oxygen atoms in total. The van der Waals surface area contributed by atoms with Crippen molar-refractivity contribution in [3.8, 4) is 5.75 Å². The Kier molecular flexibility index (Phi) is 4.78.